The van der Waals surface area contributed by atoms with Crippen molar-refractivity contribution in [1.29, 1.82) is 0 Å². The molecule has 2 aliphatic rings. The van der Waals surface area contributed by atoms with Crippen LogP contribution in [-0.2, 0) is 4.79 Å². The second-order valence-corrected chi connectivity index (χ2v) is 5.91. The van der Waals surface area contributed by atoms with Crippen LogP contribution in [0.1, 0.15) is 30.5 Å². The third-order valence-electron chi connectivity index (χ3n) is 4.16. The Morgan fingerprint density at radius 1 is 1.19 bits per heavy atom. The fourth-order valence-corrected chi connectivity index (χ4v) is 2.91. The molecule has 7 nitrogen and oxygen atoms in total. The molecule has 7 heteroatoms. The van der Waals surface area contributed by atoms with E-state index in [-0.39, 0.29) is 17.7 Å². The molecule has 26 heavy (non-hydrogen) atoms. The molecule has 2 heterocycles. The minimum absolute atomic E-state index is 0.0515. The summed E-state index contributed by atoms with van der Waals surface area (Å²) in [6, 6.07) is 15.3. The maximum atomic E-state index is 12.2. The fraction of sp³-hybridized carbons (Fsp3) is 0.211. The number of azo groups is 1. The van der Waals surface area contributed by atoms with E-state index in [0.29, 0.717) is 35.9 Å². The van der Waals surface area contributed by atoms with Gasteiger partial charge in [0, 0.05) is 12.0 Å². The molecule has 0 aromatic heterocycles. The number of amidine groups is 1. The van der Waals surface area contributed by atoms with Gasteiger partial charge in [0.25, 0.3) is 5.91 Å². The lowest BCUT2D eigenvalue weighted by Gasteiger charge is -2.04. The summed E-state index contributed by atoms with van der Waals surface area (Å²) in [4.78, 5) is 12.2. The van der Waals surface area contributed by atoms with Crippen molar-refractivity contribution in [3.63, 3.8) is 0 Å². The first-order valence-corrected chi connectivity index (χ1v) is 8.43. The third kappa shape index (κ3) is 3.11. The first-order valence-electron chi connectivity index (χ1n) is 8.43. The Labute approximate surface area is 150 Å². The molecule has 1 atom stereocenters. The van der Waals surface area contributed by atoms with Gasteiger partial charge in [0.05, 0.1) is 12.3 Å². The van der Waals surface area contributed by atoms with Crippen molar-refractivity contribution in [2.24, 2.45) is 20.4 Å². The van der Waals surface area contributed by atoms with E-state index in [1.54, 1.807) is 12.1 Å². The van der Waals surface area contributed by atoms with E-state index < -0.39 is 0 Å². The lowest BCUT2D eigenvalue weighted by molar-refractivity contribution is -0.110. The normalized spacial score (nSPS) is 21.3. The molecule has 130 valence electrons. The zero-order valence-electron chi connectivity index (χ0n) is 14.2. The van der Waals surface area contributed by atoms with Crippen molar-refractivity contribution in [2.75, 3.05) is 11.9 Å². The number of amides is 1. The first-order chi connectivity index (χ1) is 12.7. The number of carbonyl (C=O) groups excluding carboxylic acids is 1. The first kappa shape index (κ1) is 16.1. The predicted molar refractivity (Wildman–Crippen MR) is 98.9 cm³/mol. The number of hydrogen-bond donors (Lipinski definition) is 1. The van der Waals surface area contributed by atoms with Crippen LogP contribution in [-0.4, -0.2) is 24.1 Å². The average molecular weight is 347 g/mol. The van der Waals surface area contributed by atoms with Crippen molar-refractivity contribution in [2.45, 2.75) is 19.4 Å². The molecule has 0 fully saturated rings. The number of fused-ring (bicyclic) bond motifs is 1. The number of hydrogen-bond acceptors (Lipinski definition) is 5. The van der Waals surface area contributed by atoms with Crippen LogP contribution in [0, 0.1) is 0 Å². The summed E-state index contributed by atoms with van der Waals surface area (Å²) in [7, 11) is 0. The Morgan fingerprint density at radius 3 is 2.85 bits per heavy atom. The minimum atomic E-state index is -0.285. The Kier molecular flexibility index (Phi) is 4.27. The van der Waals surface area contributed by atoms with Gasteiger partial charge in [-0.3, -0.25) is 4.79 Å². The molecule has 1 amide bonds. The predicted octanol–water partition coefficient (Wildman–Crippen LogP) is 3.74. The quantitative estimate of drug-likeness (QED) is 0.854. The highest BCUT2D eigenvalue weighted by atomic mass is 16.5. The Hall–Kier alpha value is -3.35. The summed E-state index contributed by atoms with van der Waals surface area (Å²) < 4.78 is 5.49. The van der Waals surface area contributed by atoms with Crippen LogP contribution in [0.2, 0.25) is 0 Å². The molecule has 4 rings (SSSR count). The summed E-state index contributed by atoms with van der Waals surface area (Å²) in [6.07, 6.45) is 0.564. The molecule has 0 spiro atoms. The molecule has 2 aromatic rings. The van der Waals surface area contributed by atoms with Gasteiger partial charge in [0.2, 0.25) is 0 Å². The molecule has 0 saturated heterocycles. The zero-order valence-corrected chi connectivity index (χ0v) is 14.2. The van der Waals surface area contributed by atoms with Gasteiger partial charge in [-0.25, -0.2) is 0 Å². The van der Waals surface area contributed by atoms with Crippen molar-refractivity contribution in [3.05, 3.63) is 59.7 Å². The van der Waals surface area contributed by atoms with Crippen LogP contribution in [0.25, 0.3) is 0 Å². The second-order valence-electron chi connectivity index (χ2n) is 5.91. The average Bonchev–Trinajstić information content (AvgIpc) is 3.25. The zero-order chi connectivity index (χ0) is 17.9. The number of anilines is 1. The molecule has 1 N–H and O–H groups in total. The van der Waals surface area contributed by atoms with Gasteiger partial charge in [-0.15, -0.1) is 15.3 Å². The number of rotatable bonds is 4. The molecule has 2 aromatic carbocycles. The van der Waals surface area contributed by atoms with E-state index in [9.17, 15) is 4.79 Å². The topological polar surface area (TPSA) is 87.8 Å². The third-order valence-corrected chi connectivity index (χ3v) is 4.16. The number of ether oxygens (including phenoxy) is 1. The maximum absolute atomic E-state index is 12.2. The van der Waals surface area contributed by atoms with Crippen molar-refractivity contribution in [1.82, 2.24) is 0 Å². The standard InChI is InChI=1S/C19H17N5O2/c1-2-26-13-8-9-15-14(10-13)18(19(25)20-15)24-23-17-11-16(21-22-17)12-6-4-3-5-7-12/h3-10,16H,2,11H2,1H3,(H,20,24,25)/b23-17-/t16-/m0/s1. The van der Waals surface area contributed by atoms with Gasteiger partial charge in [-0.2, -0.15) is 5.11 Å². The van der Waals surface area contributed by atoms with Crippen LogP contribution >= 0.6 is 0 Å². The Bertz CT molecular complexity index is 934. The van der Waals surface area contributed by atoms with E-state index >= 15 is 0 Å². The molecule has 0 saturated carbocycles. The van der Waals surface area contributed by atoms with Gasteiger partial charge in [0.1, 0.15) is 11.8 Å². The van der Waals surface area contributed by atoms with Crippen molar-refractivity contribution < 1.29 is 9.53 Å². The number of nitrogens with one attached hydrogen (secondary N) is 1. The molecule has 0 bridgehead atoms. The van der Waals surface area contributed by atoms with Gasteiger partial charge in [0.15, 0.2) is 11.5 Å². The largest absolute Gasteiger partial charge is 0.494 e. The van der Waals surface area contributed by atoms with Crippen LogP contribution in [0.15, 0.2) is 69.0 Å². The smallest absolute Gasteiger partial charge is 0.276 e. The van der Waals surface area contributed by atoms with Crippen molar-refractivity contribution >= 4 is 23.1 Å². The van der Waals surface area contributed by atoms with E-state index in [1.165, 1.54) is 0 Å². The van der Waals surface area contributed by atoms with Gasteiger partial charge < -0.3 is 10.1 Å². The Balaban J connectivity index is 1.56. The highest BCUT2D eigenvalue weighted by Crippen LogP contribution is 2.29. The van der Waals surface area contributed by atoms with Crippen LogP contribution in [0.4, 0.5) is 5.69 Å². The van der Waals surface area contributed by atoms with Crippen LogP contribution < -0.4 is 10.1 Å². The highest BCUT2D eigenvalue weighted by molar-refractivity contribution is 6.53. The molecule has 2 aliphatic heterocycles. The summed E-state index contributed by atoms with van der Waals surface area (Å²) in [5.41, 5.74) is 2.72. The minimum Gasteiger partial charge on any atom is -0.494 e. The lowest BCUT2D eigenvalue weighted by Crippen LogP contribution is -2.14. The van der Waals surface area contributed by atoms with Gasteiger partial charge >= 0.3 is 0 Å². The second kappa shape index (κ2) is 6.87. The van der Waals surface area contributed by atoms with Crippen LogP contribution in [0.3, 0.4) is 0 Å². The summed E-state index contributed by atoms with van der Waals surface area (Å²) in [5, 5.41) is 19.4. The molecule has 0 radical (unpaired) electrons. The SMILES string of the molecule is CCOc1ccc2c(c1)/C(=N/N=C1/C[C@@H](c3ccccc3)N=N1)C(=O)N2. The molecular weight excluding hydrogens is 330 g/mol. The summed E-state index contributed by atoms with van der Waals surface area (Å²) in [5.74, 6) is 0.911. The van der Waals surface area contributed by atoms with Gasteiger partial charge in [-0.1, -0.05) is 30.3 Å². The Morgan fingerprint density at radius 2 is 2.04 bits per heavy atom. The van der Waals surface area contributed by atoms with E-state index in [2.05, 4.69) is 25.7 Å². The fourth-order valence-electron chi connectivity index (χ4n) is 2.91. The maximum Gasteiger partial charge on any atom is 0.276 e. The van der Waals surface area contributed by atoms with Crippen LogP contribution in [0.5, 0.6) is 5.75 Å². The summed E-state index contributed by atoms with van der Waals surface area (Å²) in [6.45, 7) is 2.46. The number of nitrogens with zero attached hydrogens (tertiary/aromatic N) is 4. The number of benzene rings is 2. The monoisotopic (exact) mass is 347 g/mol. The van der Waals surface area contributed by atoms with E-state index in [4.69, 9.17) is 4.74 Å². The number of carbonyl (C=O) groups is 1. The van der Waals surface area contributed by atoms with Gasteiger partial charge in [-0.05, 0) is 30.7 Å². The lowest BCUT2D eigenvalue weighted by atomic mass is 10.1. The van der Waals surface area contributed by atoms with E-state index in [1.807, 2.05) is 43.3 Å². The van der Waals surface area contributed by atoms with Crippen molar-refractivity contribution in [3.8, 4) is 5.75 Å². The molecular formula is C19H17N5O2. The highest BCUT2D eigenvalue weighted by Gasteiger charge is 2.27. The molecule has 0 aliphatic carbocycles. The molecule has 0 unspecified atom stereocenters. The summed E-state index contributed by atoms with van der Waals surface area (Å²) >= 11 is 0. The van der Waals surface area contributed by atoms with E-state index in [0.717, 1.165) is 5.56 Å².